The van der Waals surface area contributed by atoms with E-state index >= 15 is 0 Å². The minimum Gasteiger partial charge on any atom is -0.495 e. The van der Waals surface area contributed by atoms with Gasteiger partial charge in [-0.1, -0.05) is 13.0 Å². The maximum Gasteiger partial charge on any atom is 0.416 e. The highest BCUT2D eigenvalue weighted by molar-refractivity contribution is 5.96. The van der Waals surface area contributed by atoms with Crippen LogP contribution in [0.1, 0.15) is 34.1 Å². The van der Waals surface area contributed by atoms with Gasteiger partial charge in [0.15, 0.2) is 11.5 Å². The molecular weight excluding hydrogens is 463 g/mol. The van der Waals surface area contributed by atoms with Crippen LogP contribution in [0, 0.1) is 0 Å². The fourth-order valence-corrected chi connectivity index (χ4v) is 3.84. The maximum absolute atomic E-state index is 13.1. The molecule has 2 aromatic carbocycles. The van der Waals surface area contributed by atoms with Gasteiger partial charge in [-0.3, -0.25) is 9.69 Å². The number of benzene rings is 2. The summed E-state index contributed by atoms with van der Waals surface area (Å²) in [5, 5.41) is 13.5. The van der Waals surface area contributed by atoms with Gasteiger partial charge in [0.1, 0.15) is 5.75 Å². The summed E-state index contributed by atoms with van der Waals surface area (Å²) in [6.07, 6.45) is -3.63. The molecule has 0 spiro atoms. The van der Waals surface area contributed by atoms with Crippen molar-refractivity contribution < 1.29 is 22.7 Å². The molecule has 1 aliphatic rings. The lowest BCUT2D eigenvalue weighted by molar-refractivity contribution is -0.137. The number of likely N-dealkylation sites (N-methyl/N-ethyl adjacent to an activating group) is 1. The van der Waals surface area contributed by atoms with Crippen molar-refractivity contribution in [3.05, 3.63) is 58.8 Å². The first-order chi connectivity index (χ1) is 16.7. The number of primary amides is 1. The molecule has 3 aromatic rings. The van der Waals surface area contributed by atoms with Gasteiger partial charge in [-0.2, -0.15) is 18.2 Å². The second-order valence-electron chi connectivity index (χ2n) is 7.97. The lowest BCUT2D eigenvalue weighted by atomic mass is 9.98. The van der Waals surface area contributed by atoms with E-state index in [0.29, 0.717) is 11.4 Å². The molecule has 0 bridgehead atoms. The van der Waals surface area contributed by atoms with E-state index in [-0.39, 0.29) is 23.1 Å². The fraction of sp³-hybridized carbons (Fsp3) is 0.304. The van der Waals surface area contributed by atoms with E-state index in [4.69, 9.17) is 10.5 Å². The van der Waals surface area contributed by atoms with Crippen LogP contribution in [-0.4, -0.2) is 46.2 Å². The van der Waals surface area contributed by atoms with Crippen LogP contribution in [0.2, 0.25) is 0 Å². The van der Waals surface area contributed by atoms with E-state index in [9.17, 15) is 18.0 Å². The molecule has 0 unspecified atom stereocenters. The third kappa shape index (κ3) is 5.43. The number of hydrogen-bond acceptors (Lipinski definition) is 8. The van der Waals surface area contributed by atoms with E-state index in [2.05, 4.69) is 37.6 Å². The van der Waals surface area contributed by atoms with Crippen molar-refractivity contribution in [2.75, 3.05) is 30.8 Å². The second-order valence-corrected chi connectivity index (χ2v) is 7.97. The van der Waals surface area contributed by atoms with Crippen LogP contribution in [0.3, 0.4) is 0 Å². The van der Waals surface area contributed by atoms with Crippen molar-refractivity contribution in [1.82, 2.24) is 20.1 Å². The Labute approximate surface area is 199 Å². The average molecular weight is 487 g/mol. The number of nitrogens with one attached hydrogen (secondary N) is 2. The van der Waals surface area contributed by atoms with Crippen LogP contribution in [0.4, 0.5) is 36.3 Å². The van der Waals surface area contributed by atoms with Crippen LogP contribution >= 0.6 is 0 Å². The number of fused-ring (bicyclic) bond motifs is 1. The first-order valence-electron chi connectivity index (χ1n) is 10.9. The third-order valence-electron chi connectivity index (χ3n) is 5.68. The van der Waals surface area contributed by atoms with Crippen LogP contribution in [0.5, 0.6) is 5.75 Å². The summed E-state index contributed by atoms with van der Waals surface area (Å²) in [5.74, 6) is -0.491. The minimum absolute atomic E-state index is 0.00545. The Morgan fingerprint density at radius 1 is 1.17 bits per heavy atom. The first-order valence-corrected chi connectivity index (χ1v) is 10.9. The maximum atomic E-state index is 13.1. The number of aromatic nitrogens is 3. The zero-order valence-electron chi connectivity index (χ0n) is 19.1. The lowest BCUT2D eigenvalue weighted by Gasteiger charge is -2.28. The van der Waals surface area contributed by atoms with Crippen molar-refractivity contribution in [1.29, 1.82) is 0 Å². The number of alkyl halides is 3. The molecule has 0 aliphatic carbocycles. The molecule has 1 aliphatic heterocycles. The zero-order chi connectivity index (χ0) is 25.2. The SMILES string of the molecule is CCN1CCc2cc(OC)c(Nc3nnc(C(N)=O)c(Nc4cccc(C(F)(F)F)c4)n3)cc2C1. The summed E-state index contributed by atoms with van der Waals surface area (Å²) in [4.78, 5) is 18.4. The molecule has 4 N–H and O–H groups in total. The van der Waals surface area contributed by atoms with Crippen LogP contribution in [0.15, 0.2) is 36.4 Å². The Bertz CT molecular complexity index is 1250. The highest BCUT2D eigenvalue weighted by atomic mass is 19.4. The van der Waals surface area contributed by atoms with Crippen molar-refractivity contribution in [3.63, 3.8) is 0 Å². The number of ether oxygens (including phenoxy) is 1. The van der Waals surface area contributed by atoms with Crippen LogP contribution in [-0.2, 0) is 19.1 Å². The predicted octanol–water partition coefficient (Wildman–Crippen LogP) is 3.86. The molecule has 0 fully saturated rings. The molecule has 4 rings (SSSR count). The number of amides is 1. The lowest BCUT2D eigenvalue weighted by Crippen LogP contribution is -2.30. The van der Waals surface area contributed by atoms with E-state index in [1.807, 2.05) is 12.1 Å². The summed E-state index contributed by atoms with van der Waals surface area (Å²) in [6.45, 7) is 4.78. The van der Waals surface area contributed by atoms with Gasteiger partial charge in [0.25, 0.3) is 5.91 Å². The number of nitrogens with two attached hydrogens (primary N) is 1. The summed E-state index contributed by atoms with van der Waals surface area (Å²) in [5.41, 5.74) is 7.16. The number of methoxy groups -OCH3 is 1. The molecule has 0 saturated carbocycles. The number of anilines is 4. The highest BCUT2D eigenvalue weighted by Gasteiger charge is 2.30. The molecule has 9 nitrogen and oxygen atoms in total. The topological polar surface area (TPSA) is 118 Å². The van der Waals surface area contributed by atoms with Gasteiger partial charge >= 0.3 is 6.18 Å². The molecular formula is C23H24F3N7O2. The Kier molecular flexibility index (Phi) is 6.74. The molecule has 0 atom stereocenters. The van der Waals surface area contributed by atoms with Gasteiger partial charge in [-0.05, 0) is 54.4 Å². The predicted molar refractivity (Wildman–Crippen MR) is 124 cm³/mol. The Balaban J connectivity index is 1.66. The Morgan fingerprint density at radius 2 is 1.97 bits per heavy atom. The fourth-order valence-electron chi connectivity index (χ4n) is 3.84. The van der Waals surface area contributed by atoms with Gasteiger partial charge in [0.2, 0.25) is 5.95 Å². The summed E-state index contributed by atoms with van der Waals surface area (Å²) < 4.78 is 44.8. The van der Waals surface area contributed by atoms with E-state index in [1.165, 1.54) is 17.7 Å². The van der Waals surface area contributed by atoms with Gasteiger partial charge < -0.3 is 21.1 Å². The van der Waals surface area contributed by atoms with Crippen LogP contribution < -0.4 is 21.1 Å². The summed E-state index contributed by atoms with van der Waals surface area (Å²) >= 11 is 0. The van der Waals surface area contributed by atoms with Crippen LogP contribution in [0.25, 0.3) is 0 Å². The number of rotatable bonds is 7. The van der Waals surface area contributed by atoms with Crippen molar-refractivity contribution in [2.24, 2.45) is 5.73 Å². The molecule has 1 amide bonds. The van der Waals surface area contributed by atoms with E-state index in [1.54, 1.807) is 7.11 Å². The smallest absolute Gasteiger partial charge is 0.416 e. The molecule has 184 valence electrons. The van der Waals surface area contributed by atoms with Gasteiger partial charge in [0.05, 0.1) is 18.4 Å². The zero-order valence-corrected chi connectivity index (χ0v) is 19.1. The van der Waals surface area contributed by atoms with Gasteiger partial charge in [-0.25, -0.2) is 0 Å². The summed E-state index contributed by atoms with van der Waals surface area (Å²) in [6, 6.07) is 8.37. The Morgan fingerprint density at radius 3 is 2.66 bits per heavy atom. The monoisotopic (exact) mass is 487 g/mol. The van der Waals surface area contributed by atoms with Crippen molar-refractivity contribution in [2.45, 2.75) is 26.1 Å². The standard InChI is InChI=1S/C23H24F3N7O2/c1-3-33-8-7-13-10-18(35-2)17(9-14(13)12-33)29-22-30-21(19(20(27)34)31-32-22)28-16-6-4-5-15(11-16)23(24,25)26/h4-6,9-11H,3,7-8,12H2,1-2H3,(H2,27,34)(H2,28,29,30,32). The molecule has 0 saturated heterocycles. The van der Waals surface area contributed by atoms with Gasteiger partial charge in [0, 0.05) is 18.8 Å². The average Bonchev–Trinajstić information content (AvgIpc) is 2.83. The molecule has 1 aromatic heterocycles. The molecule has 35 heavy (non-hydrogen) atoms. The van der Waals surface area contributed by atoms with E-state index in [0.717, 1.165) is 43.8 Å². The Hall–Kier alpha value is -3.93. The normalized spacial score (nSPS) is 13.7. The van der Waals surface area contributed by atoms with Gasteiger partial charge in [-0.15, -0.1) is 10.2 Å². The van der Waals surface area contributed by atoms with E-state index < -0.39 is 17.6 Å². The minimum atomic E-state index is -4.53. The molecule has 2 heterocycles. The molecule has 12 heteroatoms. The first kappa shape index (κ1) is 24.2. The number of nitrogens with zero attached hydrogens (tertiary/aromatic N) is 4. The number of hydrogen-bond donors (Lipinski definition) is 3. The van der Waals surface area contributed by atoms with Crippen molar-refractivity contribution in [3.8, 4) is 5.75 Å². The summed E-state index contributed by atoms with van der Waals surface area (Å²) in [7, 11) is 1.55. The highest BCUT2D eigenvalue weighted by Crippen LogP contribution is 2.34. The quantitative estimate of drug-likeness (QED) is 0.460. The molecule has 0 radical (unpaired) electrons. The van der Waals surface area contributed by atoms with Crippen molar-refractivity contribution >= 4 is 29.0 Å². The number of halogens is 3. The number of carbonyl (C=O) groups excluding carboxylic acids is 1. The number of carbonyl (C=O) groups is 1. The second kappa shape index (κ2) is 9.74. The third-order valence-corrected chi connectivity index (χ3v) is 5.68. The largest absolute Gasteiger partial charge is 0.495 e.